The highest BCUT2D eigenvalue weighted by Gasteiger charge is 2.34. The number of fused-ring (bicyclic) bond motifs is 2. The second kappa shape index (κ2) is 5.68. The molecule has 0 nitrogen and oxygen atoms in total. The van der Waals surface area contributed by atoms with Gasteiger partial charge in [0.1, 0.15) is 5.82 Å². The maximum absolute atomic E-state index is 13.3. The molecule has 2 aliphatic rings. The molecule has 0 heterocycles. The number of hydrogen-bond donors (Lipinski definition) is 0. The van der Waals surface area contributed by atoms with Crippen LogP contribution < -0.4 is 0 Å². The predicted octanol–water partition coefficient (Wildman–Crippen LogP) is 6.30. The van der Waals surface area contributed by atoms with E-state index < -0.39 is 0 Å². The minimum absolute atomic E-state index is 0.142. The van der Waals surface area contributed by atoms with Crippen LogP contribution >= 0.6 is 0 Å². The van der Waals surface area contributed by atoms with Crippen molar-refractivity contribution in [2.75, 3.05) is 0 Å². The lowest BCUT2D eigenvalue weighted by atomic mass is 9.64. The van der Waals surface area contributed by atoms with E-state index >= 15 is 0 Å². The van der Waals surface area contributed by atoms with Crippen LogP contribution in [-0.4, -0.2) is 0 Å². The van der Waals surface area contributed by atoms with Gasteiger partial charge in [0.25, 0.3) is 0 Å². The first-order chi connectivity index (χ1) is 10.7. The van der Waals surface area contributed by atoms with Gasteiger partial charge >= 0.3 is 0 Å². The van der Waals surface area contributed by atoms with Gasteiger partial charge in [-0.25, -0.2) is 4.39 Å². The SMILES string of the molecule is CC1CCC2CC(c3ccc4cc(F)ccc4c3)CCC2C1. The Hall–Kier alpha value is -1.37. The summed E-state index contributed by atoms with van der Waals surface area (Å²) in [6.07, 6.45) is 8.41. The Morgan fingerprint density at radius 2 is 1.55 bits per heavy atom. The molecule has 2 aromatic rings. The van der Waals surface area contributed by atoms with E-state index in [4.69, 9.17) is 0 Å². The number of benzene rings is 2. The van der Waals surface area contributed by atoms with Crippen molar-refractivity contribution >= 4 is 10.8 Å². The van der Waals surface area contributed by atoms with Gasteiger partial charge in [-0.1, -0.05) is 37.6 Å². The van der Waals surface area contributed by atoms with Crippen molar-refractivity contribution in [3.8, 4) is 0 Å². The molecule has 0 radical (unpaired) electrons. The zero-order valence-electron chi connectivity index (χ0n) is 13.4. The molecule has 1 heteroatoms. The van der Waals surface area contributed by atoms with E-state index in [1.54, 1.807) is 12.1 Å². The third-order valence-electron chi connectivity index (χ3n) is 6.17. The van der Waals surface area contributed by atoms with Gasteiger partial charge in [0.2, 0.25) is 0 Å². The minimum Gasteiger partial charge on any atom is -0.207 e. The lowest BCUT2D eigenvalue weighted by Crippen LogP contribution is -2.29. The fraction of sp³-hybridized carbons (Fsp3) is 0.524. The van der Waals surface area contributed by atoms with Crippen LogP contribution in [0.15, 0.2) is 36.4 Å². The van der Waals surface area contributed by atoms with Gasteiger partial charge in [0.15, 0.2) is 0 Å². The van der Waals surface area contributed by atoms with Gasteiger partial charge in [-0.15, -0.1) is 0 Å². The summed E-state index contributed by atoms with van der Waals surface area (Å²) in [6, 6.07) is 11.8. The average molecular weight is 296 g/mol. The summed E-state index contributed by atoms with van der Waals surface area (Å²) in [5.41, 5.74) is 1.47. The Kier molecular flexibility index (Phi) is 3.68. The van der Waals surface area contributed by atoms with E-state index in [2.05, 4.69) is 25.1 Å². The molecule has 2 fully saturated rings. The summed E-state index contributed by atoms with van der Waals surface area (Å²) in [7, 11) is 0. The number of hydrogen-bond acceptors (Lipinski definition) is 0. The van der Waals surface area contributed by atoms with Crippen molar-refractivity contribution in [2.45, 2.75) is 51.4 Å². The number of rotatable bonds is 1. The lowest BCUT2D eigenvalue weighted by Gasteiger charge is -2.41. The van der Waals surface area contributed by atoms with Crippen LogP contribution in [0.1, 0.15) is 56.9 Å². The Bertz CT molecular complexity index is 675. The van der Waals surface area contributed by atoms with Gasteiger partial charge in [-0.05, 0) is 84.2 Å². The molecular weight excluding hydrogens is 271 g/mol. The predicted molar refractivity (Wildman–Crippen MR) is 90.5 cm³/mol. The quantitative estimate of drug-likeness (QED) is 0.579. The minimum atomic E-state index is -0.142. The van der Waals surface area contributed by atoms with Gasteiger partial charge in [0.05, 0.1) is 0 Å². The molecule has 0 aliphatic heterocycles. The summed E-state index contributed by atoms with van der Waals surface area (Å²) in [4.78, 5) is 0. The Balaban J connectivity index is 1.56. The van der Waals surface area contributed by atoms with Crippen LogP contribution in [0, 0.1) is 23.6 Å². The van der Waals surface area contributed by atoms with E-state index in [0.717, 1.165) is 23.1 Å². The smallest absolute Gasteiger partial charge is 0.123 e. The maximum atomic E-state index is 13.3. The summed E-state index contributed by atoms with van der Waals surface area (Å²) >= 11 is 0. The van der Waals surface area contributed by atoms with Gasteiger partial charge in [-0.2, -0.15) is 0 Å². The molecule has 4 rings (SSSR count). The third kappa shape index (κ3) is 2.66. The summed E-state index contributed by atoms with van der Waals surface area (Å²) < 4.78 is 13.3. The number of halogens is 1. The van der Waals surface area contributed by atoms with Crippen molar-refractivity contribution in [1.29, 1.82) is 0 Å². The zero-order chi connectivity index (χ0) is 15.1. The molecule has 4 atom stereocenters. The maximum Gasteiger partial charge on any atom is 0.123 e. The molecule has 2 aromatic carbocycles. The highest BCUT2D eigenvalue weighted by atomic mass is 19.1. The van der Waals surface area contributed by atoms with Crippen LogP contribution in [0.5, 0.6) is 0 Å². The molecule has 22 heavy (non-hydrogen) atoms. The van der Waals surface area contributed by atoms with E-state index in [9.17, 15) is 4.39 Å². The molecule has 4 unspecified atom stereocenters. The topological polar surface area (TPSA) is 0 Å². The van der Waals surface area contributed by atoms with Crippen molar-refractivity contribution in [3.63, 3.8) is 0 Å². The van der Waals surface area contributed by atoms with E-state index in [1.165, 1.54) is 49.5 Å². The van der Waals surface area contributed by atoms with Gasteiger partial charge in [0, 0.05) is 0 Å². The fourth-order valence-electron chi connectivity index (χ4n) is 4.92. The normalized spacial score (nSPS) is 31.9. The van der Waals surface area contributed by atoms with Crippen molar-refractivity contribution in [1.82, 2.24) is 0 Å². The molecule has 116 valence electrons. The van der Waals surface area contributed by atoms with E-state index in [0.29, 0.717) is 5.92 Å². The van der Waals surface area contributed by atoms with Crippen LogP contribution in [0.2, 0.25) is 0 Å². The summed E-state index contributed by atoms with van der Waals surface area (Å²) in [5.74, 6) is 3.43. The molecule has 2 saturated carbocycles. The van der Waals surface area contributed by atoms with E-state index in [-0.39, 0.29) is 5.82 Å². The van der Waals surface area contributed by atoms with Crippen LogP contribution in [0.25, 0.3) is 10.8 Å². The van der Waals surface area contributed by atoms with Gasteiger partial charge in [-0.3, -0.25) is 0 Å². The Morgan fingerprint density at radius 3 is 2.45 bits per heavy atom. The van der Waals surface area contributed by atoms with Crippen LogP contribution in [-0.2, 0) is 0 Å². The molecule has 0 bridgehead atoms. The zero-order valence-corrected chi connectivity index (χ0v) is 13.4. The van der Waals surface area contributed by atoms with Crippen molar-refractivity contribution in [2.24, 2.45) is 17.8 Å². The fourth-order valence-corrected chi connectivity index (χ4v) is 4.92. The lowest BCUT2D eigenvalue weighted by molar-refractivity contribution is 0.124. The standard InChI is InChI=1S/C21H25F/c1-14-2-3-16-11-17(5-4-15(16)10-14)18-6-7-20-13-21(22)9-8-19(20)12-18/h6-9,12-17H,2-5,10-11H2,1H3. The molecule has 0 amide bonds. The molecule has 0 aromatic heterocycles. The summed E-state index contributed by atoms with van der Waals surface area (Å²) in [6.45, 7) is 2.42. The molecular formula is C21H25F. The monoisotopic (exact) mass is 296 g/mol. The first-order valence-corrected chi connectivity index (χ1v) is 8.88. The van der Waals surface area contributed by atoms with Crippen LogP contribution in [0.3, 0.4) is 0 Å². The summed E-state index contributed by atoms with van der Waals surface area (Å²) in [5, 5.41) is 2.20. The second-order valence-electron chi connectivity index (χ2n) is 7.70. The first kappa shape index (κ1) is 14.2. The molecule has 0 saturated heterocycles. The molecule has 2 aliphatic carbocycles. The largest absolute Gasteiger partial charge is 0.207 e. The van der Waals surface area contributed by atoms with Gasteiger partial charge < -0.3 is 0 Å². The highest BCUT2D eigenvalue weighted by molar-refractivity contribution is 5.83. The van der Waals surface area contributed by atoms with Crippen LogP contribution in [0.4, 0.5) is 4.39 Å². The Labute approximate surface area is 132 Å². The molecule has 0 spiro atoms. The average Bonchev–Trinajstić information content (AvgIpc) is 2.54. The van der Waals surface area contributed by atoms with Crippen molar-refractivity contribution < 1.29 is 4.39 Å². The third-order valence-corrected chi connectivity index (χ3v) is 6.17. The molecule has 0 N–H and O–H groups in total. The first-order valence-electron chi connectivity index (χ1n) is 8.88. The van der Waals surface area contributed by atoms with E-state index in [1.807, 2.05) is 6.07 Å². The van der Waals surface area contributed by atoms with Crippen molar-refractivity contribution in [3.05, 3.63) is 47.8 Å². The Morgan fingerprint density at radius 1 is 0.818 bits per heavy atom. The highest BCUT2D eigenvalue weighted by Crippen LogP contribution is 2.47. The second-order valence-corrected chi connectivity index (χ2v) is 7.70.